The number of methoxy groups -OCH3 is 2. The lowest BCUT2D eigenvalue weighted by molar-refractivity contribution is -0.117. The van der Waals surface area contributed by atoms with Gasteiger partial charge in [-0.05, 0) is 43.5 Å². The molecule has 0 spiro atoms. The van der Waals surface area contributed by atoms with Crippen LogP contribution in [0.3, 0.4) is 0 Å². The fourth-order valence-electron chi connectivity index (χ4n) is 4.41. The van der Waals surface area contributed by atoms with E-state index in [4.69, 9.17) is 9.47 Å². The van der Waals surface area contributed by atoms with Crippen LogP contribution in [-0.4, -0.2) is 43.7 Å². The van der Waals surface area contributed by atoms with E-state index in [0.717, 1.165) is 39.9 Å². The average molecular weight is 436 g/mol. The van der Waals surface area contributed by atoms with Gasteiger partial charge < -0.3 is 24.3 Å². The van der Waals surface area contributed by atoms with Gasteiger partial charge in [0.15, 0.2) is 0 Å². The number of nitrogens with one attached hydrogen (secondary N) is 1. The molecule has 2 amide bonds. The van der Waals surface area contributed by atoms with Crippen LogP contribution in [0.1, 0.15) is 34.5 Å². The first-order valence-electron chi connectivity index (χ1n) is 10.8. The van der Waals surface area contributed by atoms with Crippen molar-refractivity contribution in [2.24, 2.45) is 7.05 Å². The molecule has 2 aromatic carbocycles. The normalized spacial score (nSPS) is 13.6. The van der Waals surface area contributed by atoms with Crippen molar-refractivity contribution in [2.75, 3.05) is 32.2 Å². The Morgan fingerprint density at radius 2 is 1.94 bits per heavy atom. The molecule has 1 aliphatic heterocycles. The standard InChI is InChI=1S/C25H29N3O4/c1-16-7-10-20-19(14-16)23(28-13-5-6-22(28)29)24(27(20)2)25(30)26-12-11-17-8-9-18(31-3)15-21(17)32-4/h7-10,14-15H,5-6,11-13H2,1-4H3,(H,26,30). The van der Waals surface area contributed by atoms with Crippen LogP contribution < -0.4 is 19.7 Å². The van der Waals surface area contributed by atoms with Crippen LogP contribution in [0.4, 0.5) is 5.69 Å². The molecule has 0 bridgehead atoms. The van der Waals surface area contributed by atoms with E-state index >= 15 is 0 Å². The third-order valence-corrected chi connectivity index (χ3v) is 6.06. The van der Waals surface area contributed by atoms with Gasteiger partial charge in [0.25, 0.3) is 5.91 Å². The smallest absolute Gasteiger partial charge is 0.270 e. The Hall–Kier alpha value is -3.48. The zero-order chi connectivity index (χ0) is 22.8. The summed E-state index contributed by atoms with van der Waals surface area (Å²) >= 11 is 0. The summed E-state index contributed by atoms with van der Waals surface area (Å²) in [7, 11) is 5.11. The third-order valence-electron chi connectivity index (χ3n) is 6.06. The molecule has 168 valence electrons. The average Bonchev–Trinajstić information content (AvgIpc) is 3.33. The second-order valence-electron chi connectivity index (χ2n) is 8.11. The molecule has 1 aliphatic rings. The first-order valence-corrected chi connectivity index (χ1v) is 10.8. The van der Waals surface area contributed by atoms with Crippen LogP contribution in [0.5, 0.6) is 11.5 Å². The molecule has 0 saturated carbocycles. The van der Waals surface area contributed by atoms with Gasteiger partial charge in [-0.15, -0.1) is 0 Å². The maximum Gasteiger partial charge on any atom is 0.270 e. The molecular formula is C25H29N3O4. The molecule has 32 heavy (non-hydrogen) atoms. The second kappa shape index (κ2) is 8.94. The highest BCUT2D eigenvalue weighted by molar-refractivity contribution is 6.14. The van der Waals surface area contributed by atoms with E-state index in [0.29, 0.717) is 37.3 Å². The molecule has 7 nitrogen and oxygen atoms in total. The van der Waals surface area contributed by atoms with Crippen LogP contribution in [-0.2, 0) is 18.3 Å². The van der Waals surface area contributed by atoms with Crippen molar-refractivity contribution in [3.8, 4) is 11.5 Å². The largest absolute Gasteiger partial charge is 0.497 e. The highest BCUT2D eigenvalue weighted by Gasteiger charge is 2.31. The molecule has 1 aromatic heterocycles. The maximum atomic E-state index is 13.3. The number of anilines is 1. The van der Waals surface area contributed by atoms with Crippen molar-refractivity contribution < 1.29 is 19.1 Å². The number of carbonyl (C=O) groups excluding carboxylic acids is 2. The van der Waals surface area contributed by atoms with Crippen molar-refractivity contribution in [3.63, 3.8) is 0 Å². The molecule has 2 heterocycles. The fraction of sp³-hybridized carbons (Fsp3) is 0.360. The van der Waals surface area contributed by atoms with E-state index in [-0.39, 0.29) is 11.8 Å². The molecule has 3 aromatic rings. The number of aryl methyl sites for hydroxylation is 2. The Morgan fingerprint density at radius 3 is 2.62 bits per heavy atom. The molecule has 0 atom stereocenters. The molecule has 0 radical (unpaired) electrons. The van der Waals surface area contributed by atoms with Crippen LogP contribution in [0, 0.1) is 6.92 Å². The molecule has 7 heteroatoms. The number of fused-ring (bicyclic) bond motifs is 1. The minimum absolute atomic E-state index is 0.0658. The molecule has 1 N–H and O–H groups in total. The maximum absolute atomic E-state index is 13.3. The number of nitrogens with zero attached hydrogens (tertiary/aromatic N) is 2. The van der Waals surface area contributed by atoms with Gasteiger partial charge in [0.1, 0.15) is 17.2 Å². The molecule has 1 saturated heterocycles. The summed E-state index contributed by atoms with van der Waals surface area (Å²) in [6.45, 7) is 3.09. The fourth-order valence-corrected chi connectivity index (χ4v) is 4.41. The van der Waals surface area contributed by atoms with Crippen LogP contribution >= 0.6 is 0 Å². The van der Waals surface area contributed by atoms with Crippen molar-refractivity contribution in [3.05, 3.63) is 53.2 Å². The van der Waals surface area contributed by atoms with E-state index in [1.807, 2.05) is 48.9 Å². The lowest BCUT2D eigenvalue weighted by atomic mass is 10.1. The Labute approximate surface area is 187 Å². The third kappa shape index (κ3) is 3.90. The van der Waals surface area contributed by atoms with Gasteiger partial charge in [-0.1, -0.05) is 17.7 Å². The molecule has 4 rings (SSSR count). The van der Waals surface area contributed by atoms with Crippen molar-refractivity contribution in [2.45, 2.75) is 26.2 Å². The summed E-state index contributed by atoms with van der Waals surface area (Å²) in [5.41, 5.74) is 4.24. The van der Waals surface area contributed by atoms with Crippen molar-refractivity contribution >= 4 is 28.4 Å². The number of hydrogen-bond acceptors (Lipinski definition) is 4. The van der Waals surface area contributed by atoms with Gasteiger partial charge in [-0.25, -0.2) is 0 Å². The molecular weight excluding hydrogens is 406 g/mol. The highest BCUT2D eigenvalue weighted by atomic mass is 16.5. The summed E-state index contributed by atoms with van der Waals surface area (Å²) in [5.74, 6) is 1.32. The van der Waals surface area contributed by atoms with Crippen molar-refractivity contribution in [1.29, 1.82) is 0 Å². The Kier molecular flexibility index (Phi) is 6.08. The van der Waals surface area contributed by atoms with Crippen molar-refractivity contribution in [1.82, 2.24) is 9.88 Å². The van der Waals surface area contributed by atoms with Gasteiger partial charge in [0, 0.05) is 38.0 Å². The zero-order valence-corrected chi connectivity index (χ0v) is 19.0. The molecule has 1 fully saturated rings. The SMILES string of the molecule is COc1ccc(CCNC(=O)c2c(N3CCCC3=O)c3cc(C)ccc3n2C)c(OC)c1. The first-order chi connectivity index (χ1) is 15.4. The minimum Gasteiger partial charge on any atom is -0.497 e. The predicted octanol–water partition coefficient (Wildman–Crippen LogP) is 3.60. The summed E-state index contributed by atoms with van der Waals surface area (Å²) in [6, 6.07) is 11.7. The number of aromatic nitrogens is 1. The Balaban J connectivity index is 1.61. The van der Waals surface area contributed by atoms with E-state index < -0.39 is 0 Å². The lowest BCUT2D eigenvalue weighted by Crippen LogP contribution is -2.31. The lowest BCUT2D eigenvalue weighted by Gasteiger charge is -2.18. The highest BCUT2D eigenvalue weighted by Crippen LogP contribution is 2.36. The molecule has 0 unspecified atom stereocenters. The topological polar surface area (TPSA) is 72.8 Å². The number of benzene rings is 2. The van der Waals surface area contributed by atoms with E-state index in [2.05, 4.69) is 11.4 Å². The quantitative estimate of drug-likeness (QED) is 0.616. The Bertz CT molecular complexity index is 1180. The van der Waals surface area contributed by atoms with E-state index in [1.54, 1.807) is 19.1 Å². The van der Waals surface area contributed by atoms with Gasteiger partial charge in [-0.2, -0.15) is 0 Å². The number of amides is 2. The monoisotopic (exact) mass is 435 g/mol. The van der Waals surface area contributed by atoms with Gasteiger partial charge in [0.05, 0.1) is 25.4 Å². The number of rotatable bonds is 7. The minimum atomic E-state index is -0.191. The summed E-state index contributed by atoms with van der Waals surface area (Å²) in [5, 5.41) is 3.97. The van der Waals surface area contributed by atoms with Crippen LogP contribution in [0.15, 0.2) is 36.4 Å². The zero-order valence-electron chi connectivity index (χ0n) is 19.0. The van der Waals surface area contributed by atoms with Gasteiger partial charge in [-0.3, -0.25) is 9.59 Å². The predicted molar refractivity (Wildman–Crippen MR) is 125 cm³/mol. The van der Waals surface area contributed by atoms with E-state index in [1.165, 1.54) is 0 Å². The number of hydrogen-bond donors (Lipinski definition) is 1. The summed E-state index contributed by atoms with van der Waals surface area (Å²) in [4.78, 5) is 27.7. The van der Waals surface area contributed by atoms with E-state index in [9.17, 15) is 9.59 Å². The summed E-state index contributed by atoms with van der Waals surface area (Å²) < 4.78 is 12.6. The first kappa shape index (κ1) is 21.7. The van der Waals surface area contributed by atoms with Crippen LogP contribution in [0.2, 0.25) is 0 Å². The number of carbonyl (C=O) groups is 2. The van der Waals surface area contributed by atoms with Gasteiger partial charge in [0.2, 0.25) is 5.91 Å². The Morgan fingerprint density at radius 1 is 1.12 bits per heavy atom. The van der Waals surface area contributed by atoms with Gasteiger partial charge >= 0.3 is 0 Å². The number of ether oxygens (including phenoxy) is 2. The second-order valence-corrected chi connectivity index (χ2v) is 8.11. The molecule has 0 aliphatic carbocycles. The summed E-state index contributed by atoms with van der Waals surface area (Å²) in [6.07, 6.45) is 1.93. The van der Waals surface area contributed by atoms with Crippen LogP contribution in [0.25, 0.3) is 10.9 Å².